The summed E-state index contributed by atoms with van der Waals surface area (Å²) >= 11 is 0. The molecule has 6 nitrogen and oxygen atoms in total. The molecule has 148 valence electrons. The standard InChI is InChI=1S/C20H16F3N5O/c21-20(22,23)18-9-11-25-28(18)15-7-5-14(6-8-15)26-19(29)10-12-27-13-24-16-3-1-2-4-17(16)27/h1-9,11,13H,10,12H2,(H,26,29). The number of rotatable bonds is 5. The Hall–Kier alpha value is -3.62. The maximum absolute atomic E-state index is 13.0. The van der Waals surface area contributed by atoms with Gasteiger partial charge in [-0.3, -0.25) is 4.79 Å². The first-order chi connectivity index (χ1) is 13.9. The van der Waals surface area contributed by atoms with Crippen molar-refractivity contribution in [1.29, 1.82) is 0 Å². The van der Waals surface area contributed by atoms with E-state index in [1.165, 1.54) is 12.1 Å². The van der Waals surface area contributed by atoms with Crippen LogP contribution < -0.4 is 5.32 Å². The van der Waals surface area contributed by atoms with Gasteiger partial charge >= 0.3 is 6.18 Å². The van der Waals surface area contributed by atoms with Gasteiger partial charge in [0.25, 0.3) is 0 Å². The maximum atomic E-state index is 13.0. The summed E-state index contributed by atoms with van der Waals surface area (Å²) in [5.74, 6) is -0.203. The van der Waals surface area contributed by atoms with Crippen LogP contribution in [0.1, 0.15) is 12.1 Å². The number of nitrogens with one attached hydrogen (secondary N) is 1. The molecule has 0 bridgehead atoms. The van der Waals surface area contributed by atoms with E-state index in [1.807, 2.05) is 28.8 Å². The smallest absolute Gasteiger partial charge is 0.330 e. The van der Waals surface area contributed by atoms with Crippen LogP contribution in [0.2, 0.25) is 0 Å². The van der Waals surface area contributed by atoms with Crippen LogP contribution in [0.25, 0.3) is 16.7 Å². The second-order valence-electron chi connectivity index (χ2n) is 6.40. The SMILES string of the molecule is O=C(CCn1cnc2ccccc21)Nc1ccc(-n2nccc2C(F)(F)F)cc1. The zero-order valence-electron chi connectivity index (χ0n) is 15.1. The number of nitrogens with zero attached hydrogens (tertiary/aromatic N) is 4. The minimum atomic E-state index is -4.50. The van der Waals surface area contributed by atoms with Gasteiger partial charge in [0.05, 0.1) is 29.2 Å². The van der Waals surface area contributed by atoms with Gasteiger partial charge in [-0.25, -0.2) is 9.67 Å². The highest BCUT2D eigenvalue weighted by Crippen LogP contribution is 2.30. The molecule has 0 spiro atoms. The molecule has 0 aliphatic heterocycles. The summed E-state index contributed by atoms with van der Waals surface area (Å²) in [7, 11) is 0. The Labute approximate surface area is 163 Å². The van der Waals surface area contributed by atoms with Crippen molar-refractivity contribution in [2.75, 3.05) is 5.32 Å². The van der Waals surface area contributed by atoms with Crippen LogP contribution in [-0.2, 0) is 17.5 Å². The van der Waals surface area contributed by atoms with E-state index in [0.717, 1.165) is 28.0 Å². The summed E-state index contributed by atoms with van der Waals surface area (Å²) in [6.45, 7) is 0.465. The molecule has 0 unspecified atom stereocenters. The number of aromatic nitrogens is 4. The number of alkyl halides is 3. The van der Waals surface area contributed by atoms with Crippen LogP contribution >= 0.6 is 0 Å². The van der Waals surface area contributed by atoms with E-state index in [2.05, 4.69) is 15.4 Å². The lowest BCUT2D eigenvalue weighted by Gasteiger charge is -2.11. The molecule has 29 heavy (non-hydrogen) atoms. The topological polar surface area (TPSA) is 64.7 Å². The lowest BCUT2D eigenvalue weighted by atomic mass is 10.2. The number of carbonyl (C=O) groups is 1. The Morgan fingerprint density at radius 3 is 2.55 bits per heavy atom. The molecule has 2 heterocycles. The number of imidazole rings is 1. The molecule has 0 saturated heterocycles. The van der Waals surface area contributed by atoms with Crippen LogP contribution in [0, 0.1) is 0 Å². The molecule has 4 rings (SSSR count). The number of hydrogen-bond donors (Lipinski definition) is 1. The number of benzene rings is 2. The van der Waals surface area contributed by atoms with Crippen LogP contribution in [0.4, 0.5) is 18.9 Å². The van der Waals surface area contributed by atoms with Crippen molar-refractivity contribution < 1.29 is 18.0 Å². The molecule has 0 radical (unpaired) electrons. The third-order valence-electron chi connectivity index (χ3n) is 4.44. The summed E-state index contributed by atoms with van der Waals surface area (Å²) in [5.41, 5.74) is 1.70. The summed E-state index contributed by atoms with van der Waals surface area (Å²) < 4.78 is 41.7. The molecular formula is C20H16F3N5O. The normalized spacial score (nSPS) is 11.7. The average Bonchev–Trinajstić information content (AvgIpc) is 3.34. The fourth-order valence-electron chi connectivity index (χ4n) is 3.04. The Balaban J connectivity index is 1.40. The minimum Gasteiger partial charge on any atom is -0.330 e. The quantitative estimate of drug-likeness (QED) is 0.545. The molecule has 1 amide bonds. The van der Waals surface area contributed by atoms with E-state index in [9.17, 15) is 18.0 Å². The third-order valence-corrected chi connectivity index (χ3v) is 4.44. The van der Waals surface area contributed by atoms with Crippen molar-refractivity contribution in [3.8, 4) is 5.69 Å². The molecule has 4 aromatic rings. The first-order valence-electron chi connectivity index (χ1n) is 8.83. The third kappa shape index (κ3) is 3.98. The Kier molecular flexibility index (Phi) is 4.79. The fraction of sp³-hybridized carbons (Fsp3) is 0.150. The summed E-state index contributed by atoms with van der Waals surface area (Å²) in [4.78, 5) is 16.5. The van der Waals surface area contributed by atoms with Crippen molar-refractivity contribution in [1.82, 2.24) is 19.3 Å². The monoisotopic (exact) mass is 399 g/mol. The molecule has 0 aliphatic carbocycles. The highest BCUT2D eigenvalue weighted by atomic mass is 19.4. The average molecular weight is 399 g/mol. The lowest BCUT2D eigenvalue weighted by Crippen LogP contribution is -2.15. The number of fused-ring (bicyclic) bond motifs is 1. The zero-order valence-corrected chi connectivity index (χ0v) is 15.1. The maximum Gasteiger partial charge on any atom is 0.433 e. The number of aryl methyl sites for hydroxylation is 1. The Bertz CT molecular complexity index is 1140. The van der Waals surface area contributed by atoms with Gasteiger partial charge in [-0.2, -0.15) is 18.3 Å². The molecule has 0 saturated carbocycles. The van der Waals surface area contributed by atoms with E-state index in [4.69, 9.17) is 0 Å². The van der Waals surface area contributed by atoms with E-state index >= 15 is 0 Å². The molecule has 0 aliphatic rings. The van der Waals surface area contributed by atoms with E-state index in [-0.39, 0.29) is 18.0 Å². The van der Waals surface area contributed by atoms with Crippen LogP contribution in [-0.4, -0.2) is 25.2 Å². The highest BCUT2D eigenvalue weighted by molar-refractivity contribution is 5.90. The van der Waals surface area contributed by atoms with Crippen molar-refractivity contribution in [2.24, 2.45) is 0 Å². The number of anilines is 1. The first-order valence-corrected chi connectivity index (χ1v) is 8.83. The zero-order chi connectivity index (χ0) is 20.4. The van der Waals surface area contributed by atoms with Gasteiger partial charge < -0.3 is 9.88 Å². The van der Waals surface area contributed by atoms with Gasteiger partial charge in [0.15, 0.2) is 0 Å². The summed E-state index contributed by atoms with van der Waals surface area (Å²) in [6, 6.07) is 14.6. The molecule has 0 atom stereocenters. The molecule has 2 aromatic carbocycles. The second-order valence-corrected chi connectivity index (χ2v) is 6.40. The van der Waals surface area contributed by atoms with Crippen molar-refractivity contribution in [3.05, 3.63) is 72.8 Å². The van der Waals surface area contributed by atoms with Crippen LogP contribution in [0.15, 0.2) is 67.1 Å². The van der Waals surface area contributed by atoms with E-state index in [0.29, 0.717) is 12.2 Å². The molecule has 9 heteroatoms. The second kappa shape index (κ2) is 7.42. The Morgan fingerprint density at radius 1 is 1.03 bits per heavy atom. The molecule has 2 aromatic heterocycles. The number of carbonyl (C=O) groups excluding carboxylic acids is 1. The largest absolute Gasteiger partial charge is 0.433 e. The summed E-state index contributed by atoms with van der Waals surface area (Å²) in [6.07, 6.45) is -1.48. The number of halogens is 3. The highest BCUT2D eigenvalue weighted by Gasteiger charge is 2.35. The molecular weight excluding hydrogens is 383 g/mol. The van der Waals surface area contributed by atoms with Crippen LogP contribution in [0.5, 0.6) is 0 Å². The summed E-state index contributed by atoms with van der Waals surface area (Å²) in [5, 5.41) is 6.47. The number of hydrogen-bond acceptors (Lipinski definition) is 3. The minimum absolute atomic E-state index is 0.203. The molecule has 0 fully saturated rings. The van der Waals surface area contributed by atoms with Gasteiger partial charge in [0, 0.05) is 18.7 Å². The van der Waals surface area contributed by atoms with Crippen LogP contribution in [0.3, 0.4) is 0 Å². The van der Waals surface area contributed by atoms with Gasteiger partial charge in [-0.15, -0.1) is 0 Å². The predicted octanol–water partition coefficient (Wildman–Crippen LogP) is 4.27. The fourth-order valence-corrected chi connectivity index (χ4v) is 3.04. The predicted molar refractivity (Wildman–Crippen MR) is 102 cm³/mol. The van der Waals surface area contributed by atoms with Gasteiger partial charge in [0.2, 0.25) is 5.91 Å². The number of para-hydroxylation sites is 2. The van der Waals surface area contributed by atoms with Gasteiger partial charge in [-0.1, -0.05) is 12.1 Å². The Morgan fingerprint density at radius 2 is 1.79 bits per heavy atom. The van der Waals surface area contributed by atoms with Crippen molar-refractivity contribution in [2.45, 2.75) is 19.1 Å². The van der Waals surface area contributed by atoms with E-state index < -0.39 is 11.9 Å². The van der Waals surface area contributed by atoms with E-state index in [1.54, 1.807) is 18.5 Å². The van der Waals surface area contributed by atoms with Gasteiger partial charge in [-0.05, 0) is 42.5 Å². The van der Waals surface area contributed by atoms with Crippen molar-refractivity contribution in [3.63, 3.8) is 0 Å². The van der Waals surface area contributed by atoms with Crippen molar-refractivity contribution >= 4 is 22.6 Å². The van der Waals surface area contributed by atoms with Gasteiger partial charge in [0.1, 0.15) is 5.69 Å². The molecule has 1 N–H and O–H groups in total. The number of amides is 1. The first kappa shape index (κ1) is 18.7. The lowest BCUT2D eigenvalue weighted by molar-refractivity contribution is -0.142.